The standard InChI is InChI=1S/C11H12BrN3OS/c1-8(15-4-2-3-14-15)11(16)13-6-10-5-9(12)7-17-10/h2-5,7-8H,6H2,1H3,(H,13,16)/t8-/m1/s1. The highest BCUT2D eigenvalue weighted by molar-refractivity contribution is 9.10. The number of nitrogens with one attached hydrogen (secondary N) is 1. The van der Waals surface area contributed by atoms with Crippen LogP contribution < -0.4 is 5.32 Å². The van der Waals surface area contributed by atoms with Gasteiger partial charge in [0.05, 0.1) is 6.54 Å². The molecule has 0 unspecified atom stereocenters. The molecule has 0 aromatic carbocycles. The van der Waals surface area contributed by atoms with Crippen LogP contribution in [0, 0.1) is 0 Å². The first-order valence-electron chi connectivity index (χ1n) is 5.16. The van der Waals surface area contributed by atoms with E-state index in [4.69, 9.17) is 0 Å². The smallest absolute Gasteiger partial charge is 0.244 e. The van der Waals surface area contributed by atoms with Gasteiger partial charge in [-0.25, -0.2) is 0 Å². The maximum absolute atomic E-state index is 11.8. The van der Waals surface area contributed by atoms with Crippen LogP contribution >= 0.6 is 27.3 Å². The predicted molar refractivity (Wildman–Crippen MR) is 70.8 cm³/mol. The minimum absolute atomic E-state index is 0.0294. The van der Waals surface area contributed by atoms with Gasteiger partial charge in [0.25, 0.3) is 0 Å². The molecule has 0 aliphatic heterocycles. The molecule has 1 atom stereocenters. The Morgan fingerprint density at radius 2 is 2.53 bits per heavy atom. The van der Waals surface area contributed by atoms with E-state index in [1.807, 2.05) is 18.4 Å². The second-order valence-corrected chi connectivity index (χ2v) is 5.52. The summed E-state index contributed by atoms with van der Waals surface area (Å²) in [6.45, 7) is 2.38. The van der Waals surface area contributed by atoms with Crippen molar-refractivity contribution in [3.8, 4) is 0 Å². The number of thiophene rings is 1. The van der Waals surface area contributed by atoms with Gasteiger partial charge in [-0.3, -0.25) is 9.48 Å². The Bertz CT molecular complexity index is 495. The first-order chi connectivity index (χ1) is 8.16. The van der Waals surface area contributed by atoms with Crippen molar-refractivity contribution in [1.82, 2.24) is 15.1 Å². The number of halogens is 1. The third-order valence-corrected chi connectivity index (χ3v) is 4.06. The van der Waals surface area contributed by atoms with Crippen molar-refractivity contribution in [2.45, 2.75) is 19.5 Å². The van der Waals surface area contributed by atoms with Crippen LogP contribution in [0.5, 0.6) is 0 Å². The van der Waals surface area contributed by atoms with Crippen molar-refractivity contribution in [3.63, 3.8) is 0 Å². The molecule has 0 saturated carbocycles. The Balaban J connectivity index is 1.89. The molecular formula is C11H12BrN3OS. The molecule has 0 spiro atoms. The van der Waals surface area contributed by atoms with E-state index in [0.717, 1.165) is 9.35 Å². The van der Waals surface area contributed by atoms with Crippen molar-refractivity contribution in [3.05, 3.63) is 39.3 Å². The van der Waals surface area contributed by atoms with Crippen molar-refractivity contribution in [2.24, 2.45) is 0 Å². The number of rotatable bonds is 4. The summed E-state index contributed by atoms with van der Waals surface area (Å²) in [6.07, 6.45) is 3.45. The molecule has 0 aliphatic carbocycles. The first kappa shape index (κ1) is 12.3. The molecule has 0 radical (unpaired) electrons. The van der Waals surface area contributed by atoms with Gasteiger partial charge in [0.1, 0.15) is 6.04 Å². The van der Waals surface area contributed by atoms with Crippen LogP contribution in [-0.2, 0) is 11.3 Å². The number of aromatic nitrogens is 2. The van der Waals surface area contributed by atoms with Crippen LogP contribution in [0.15, 0.2) is 34.4 Å². The fourth-order valence-electron chi connectivity index (χ4n) is 1.40. The summed E-state index contributed by atoms with van der Waals surface area (Å²) in [5, 5.41) is 8.94. The lowest BCUT2D eigenvalue weighted by Gasteiger charge is -2.11. The molecule has 1 N–H and O–H groups in total. The third-order valence-electron chi connectivity index (χ3n) is 2.36. The first-order valence-corrected chi connectivity index (χ1v) is 6.84. The van der Waals surface area contributed by atoms with Gasteiger partial charge in [-0.15, -0.1) is 11.3 Å². The zero-order valence-electron chi connectivity index (χ0n) is 9.26. The molecule has 4 nitrogen and oxygen atoms in total. The maximum atomic E-state index is 11.8. The van der Waals surface area contributed by atoms with E-state index < -0.39 is 0 Å². The van der Waals surface area contributed by atoms with E-state index in [9.17, 15) is 4.79 Å². The van der Waals surface area contributed by atoms with E-state index >= 15 is 0 Å². The second kappa shape index (κ2) is 5.46. The Kier molecular flexibility index (Phi) is 3.96. The molecular weight excluding hydrogens is 302 g/mol. The van der Waals surface area contributed by atoms with Gasteiger partial charge in [-0.1, -0.05) is 0 Å². The highest BCUT2D eigenvalue weighted by Gasteiger charge is 2.14. The Morgan fingerprint density at radius 1 is 1.71 bits per heavy atom. The molecule has 2 heterocycles. The van der Waals surface area contributed by atoms with E-state index in [2.05, 4.69) is 26.3 Å². The summed E-state index contributed by atoms with van der Waals surface area (Å²) < 4.78 is 2.69. The highest BCUT2D eigenvalue weighted by atomic mass is 79.9. The summed E-state index contributed by atoms with van der Waals surface area (Å²) in [6, 6.07) is 3.53. The maximum Gasteiger partial charge on any atom is 0.244 e. The Hall–Kier alpha value is -1.14. The molecule has 90 valence electrons. The van der Waals surface area contributed by atoms with Crippen LogP contribution in [0.3, 0.4) is 0 Å². The fourth-order valence-corrected chi connectivity index (χ4v) is 2.79. The van der Waals surface area contributed by atoms with Crippen LogP contribution in [0.4, 0.5) is 0 Å². The molecule has 0 saturated heterocycles. The van der Waals surface area contributed by atoms with Crippen molar-refractivity contribution < 1.29 is 4.79 Å². The molecule has 1 amide bonds. The quantitative estimate of drug-likeness (QED) is 0.943. The van der Waals surface area contributed by atoms with Crippen LogP contribution in [-0.4, -0.2) is 15.7 Å². The summed E-state index contributed by atoms with van der Waals surface area (Å²) in [5.74, 6) is -0.0294. The van der Waals surface area contributed by atoms with Gasteiger partial charge in [0.2, 0.25) is 5.91 Å². The lowest BCUT2D eigenvalue weighted by atomic mass is 10.3. The minimum Gasteiger partial charge on any atom is -0.349 e. The third kappa shape index (κ3) is 3.17. The van der Waals surface area contributed by atoms with Gasteiger partial charge in [0, 0.05) is 27.1 Å². The van der Waals surface area contributed by atoms with E-state index in [-0.39, 0.29) is 11.9 Å². The van der Waals surface area contributed by atoms with Crippen molar-refractivity contribution in [1.29, 1.82) is 0 Å². The predicted octanol–water partition coefficient (Wildman–Crippen LogP) is 2.58. The van der Waals surface area contributed by atoms with Gasteiger partial charge in [0.15, 0.2) is 0 Å². The summed E-state index contributed by atoms with van der Waals surface area (Å²) >= 11 is 5.00. The second-order valence-electron chi connectivity index (χ2n) is 3.61. The van der Waals surface area contributed by atoms with Crippen LogP contribution in [0.1, 0.15) is 17.8 Å². The van der Waals surface area contributed by atoms with E-state index in [0.29, 0.717) is 6.54 Å². The molecule has 0 fully saturated rings. The topological polar surface area (TPSA) is 46.9 Å². The van der Waals surface area contributed by atoms with E-state index in [1.165, 1.54) is 0 Å². The largest absolute Gasteiger partial charge is 0.349 e. The summed E-state index contributed by atoms with van der Waals surface area (Å²) in [4.78, 5) is 13.0. The molecule has 2 aromatic heterocycles. The molecule has 6 heteroatoms. The average Bonchev–Trinajstić information content (AvgIpc) is 2.95. The molecule has 2 aromatic rings. The molecule has 2 rings (SSSR count). The summed E-state index contributed by atoms with van der Waals surface area (Å²) in [5.41, 5.74) is 0. The van der Waals surface area contributed by atoms with Crippen LogP contribution in [0.25, 0.3) is 0 Å². The fraction of sp³-hybridized carbons (Fsp3) is 0.273. The zero-order valence-corrected chi connectivity index (χ0v) is 11.7. The molecule has 0 bridgehead atoms. The monoisotopic (exact) mass is 313 g/mol. The summed E-state index contributed by atoms with van der Waals surface area (Å²) in [7, 11) is 0. The lowest BCUT2D eigenvalue weighted by molar-refractivity contribution is -0.124. The lowest BCUT2D eigenvalue weighted by Crippen LogP contribution is -2.30. The van der Waals surface area contributed by atoms with Gasteiger partial charge < -0.3 is 5.32 Å². The highest BCUT2D eigenvalue weighted by Crippen LogP contribution is 2.19. The number of hydrogen-bond acceptors (Lipinski definition) is 3. The molecule has 17 heavy (non-hydrogen) atoms. The van der Waals surface area contributed by atoms with E-state index in [1.54, 1.807) is 34.5 Å². The van der Waals surface area contributed by atoms with Crippen molar-refractivity contribution in [2.75, 3.05) is 0 Å². The molecule has 0 aliphatic rings. The van der Waals surface area contributed by atoms with Gasteiger partial charge in [-0.2, -0.15) is 5.10 Å². The number of nitrogens with zero attached hydrogens (tertiary/aromatic N) is 2. The number of hydrogen-bond donors (Lipinski definition) is 1. The number of carbonyl (C=O) groups excluding carboxylic acids is 1. The normalized spacial score (nSPS) is 12.4. The van der Waals surface area contributed by atoms with Gasteiger partial charge in [-0.05, 0) is 35.0 Å². The minimum atomic E-state index is -0.284. The number of carbonyl (C=O) groups is 1. The van der Waals surface area contributed by atoms with Gasteiger partial charge >= 0.3 is 0 Å². The SMILES string of the molecule is C[C@H](C(=O)NCc1cc(Br)cs1)n1cccn1. The zero-order chi connectivity index (χ0) is 12.3. The Labute approximate surface area is 112 Å². The van der Waals surface area contributed by atoms with Crippen molar-refractivity contribution >= 4 is 33.2 Å². The number of amides is 1. The average molecular weight is 314 g/mol. The van der Waals surface area contributed by atoms with Crippen LogP contribution in [0.2, 0.25) is 0 Å². The Morgan fingerprint density at radius 3 is 3.12 bits per heavy atom.